The van der Waals surface area contributed by atoms with Crippen molar-refractivity contribution in [3.8, 4) is 0 Å². The van der Waals surface area contributed by atoms with Crippen LogP contribution in [0.25, 0.3) is 0 Å². The molecule has 0 saturated carbocycles. The second-order valence-corrected chi connectivity index (χ2v) is 13.7. The van der Waals surface area contributed by atoms with Gasteiger partial charge >= 0.3 is 0 Å². The summed E-state index contributed by atoms with van der Waals surface area (Å²) in [6.45, 7) is 3.62. The van der Waals surface area contributed by atoms with Crippen LogP contribution in [0.3, 0.4) is 0 Å². The van der Waals surface area contributed by atoms with E-state index >= 15 is 0 Å². The first-order valence-electron chi connectivity index (χ1n) is 20.0. The van der Waals surface area contributed by atoms with Gasteiger partial charge in [0.1, 0.15) is 24.4 Å². The molecule has 1 aliphatic heterocycles. The maximum absolute atomic E-state index is 12.9. The second-order valence-electron chi connectivity index (χ2n) is 13.7. The molecule has 0 aromatic carbocycles. The summed E-state index contributed by atoms with van der Waals surface area (Å²) >= 11 is 0. The van der Waals surface area contributed by atoms with Crippen molar-refractivity contribution in [1.82, 2.24) is 5.32 Å². The van der Waals surface area contributed by atoms with E-state index in [-0.39, 0.29) is 12.5 Å². The van der Waals surface area contributed by atoms with E-state index in [9.17, 15) is 30.3 Å². The summed E-state index contributed by atoms with van der Waals surface area (Å²) in [5.74, 6) is -0.211. The SMILES string of the molecule is CCC/C=C\C/C=C\CCCCCCCC(=O)NC(COC1OC(CO)C(O)C(O)C1O)C(O)/C=C/CC/C=C/CC/C=C/CCCCCCC. The van der Waals surface area contributed by atoms with Crippen LogP contribution in [-0.4, -0.2) is 87.5 Å². The van der Waals surface area contributed by atoms with Gasteiger partial charge in [0.25, 0.3) is 0 Å². The number of carbonyl (C=O) groups is 1. The van der Waals surface area contributed by atoms with E-state index in [1.807, 2.05) is 6.08 Å². The number of nitrogens with one attached hydrogen (secondary N) is 1. The molecule has 0 aliphatic carbocycles. The zero-order valence-electron chi connectivity index (χ0n) is 31.8. The molecule has 7 unspecified atom stereocenters. The van der Waals surface area contributed by atoms with Crippen LogP contribution in [0.2, 0.25) is 0 Å². The van der Waals surface area contributed by atoms with Gasteiger partial charge in [-0.3, -0.25) is 4.79 Å². The fraction of sp³-hybridized carbons (Fsp3) is 0.738. The van der Waals surface area contributed by atoms with Crippen molar-refractivity contribution in [2.24, 2.45) is 0 Å². The van der Waals surface area contributed by atoms with Crippen LogP contribution < -0.4 is 5.32 Å². The summed E-state index contributed by atoms with van der Waals surface area (Å²) in [5, 5.41) is 53.9. The van der Waals surface area contributed by atoms with Crippen molar-refractivity contribution in [2.45, 2.75) is 185 Å². The molecule has 0 radical (unpaired) electrons. The van der Waals surface area contributed by atoms with Crippen LogP contribution in [0.1, 0.15) is 142 Å². The Labute approximate surface area is 309 Å². The van der Waals surface area contributed by atoms with Gasteiger partial charge in [0.05, 0.1) is 25.4 Å². The van der Waals surface area contributed by atoms with Crippen molar-refractivity contribution in [2.75, 3.05) is 13.2 Å². The molecular formula is C42H73NO8. The van der Waals surface area contributed by atoms with Crippen LogP contribution in [0.15, 0.2) is 60.8 Å². The Morgan fingerprint density at radius 2 is 1.22 bits per heavy atom. The summed E-state index contributed by atoms with van der Waals surface area (Å²) < 4.78 is 11.1. The summed E-state index contributed by atoms with van der Waals surface area (Å²) in [5.41, 5.74) is 0. The number of aliphatic hydroxyl groups excluding tert-OH is 5. The van der Waals surface area contributed by atoms with E-state index in [4.69, 9.17) is 9.47 Å². The summed E-state index contributed by atoms with van der Waals surface area (Å²) in [7, 11) is 0. The lowest BCUT2D eigenvalue weighted by Crippen LogP contribution is -2.60. The largest absolute Gasteiger partial charge is 0.394 e. The molecule has 9 heteroatoms. The number of amides is 1. The second kappa shape index (κ2) is 32.5. The first-order valence-corrected chi connectivity index (χ1v) is 20.0. The fourth-order valence-corrected chi connectivity index (χ4v) is 5.75. The molecule has 1 fully saturated rings. The van der Waals surface area contributed by atoms with Gasteiger partial charge in [-0.1, -0.05) is 126 Å². The van der Waals surface area contributed by atoms with Crippen molar-refractivity contribution < 1.29 is 39.8 Å². The number of unbranched alkanes of at least 4 members (excludes halogenated alkanes) is 13. The molecule has 6 N–H and O–H groups in total. The van der Waals surface area contributed by atoms with E-state index in [1.54, 1.807) is 6.08 Å². The maximum Gasteiger partial charge on any atom is 0.220 e. The monoisotopic (exact) mass is 720 g/mol. The minimum Gasteiger partial charge on any atom is -0.394 e. The third-order valence-electron chi connectivity index (χ3n) is 9.02. The lowest BCUT2D eigenvalue weighted by atomic mass is 9.99. The smallest absolute Gasteiger partial charge is 0.220 e. The molecule has 51 heavy (non-hydrogen) atoms. The molecule has 1 rings (SSSR count). The molecule has 0 aromatic rings. The average Bonchev–Trinajstić information content (AvgIpc) is 3.13. The number of allylic oxidation sites excluding steroid dienone is 9. The molecule has 294 valence electrons. The Bertz CT molecular complexity index is 978. The Kier molecular flexibility index (Phi) is 29.9. The Balaban J connectivity index is 2.50. The van der Waals surface area contributed by atoms with E-state index in [0.717, 1.165) is 83.5 Å². The Morgan fingerprint density at radius 1 is 0.667 bits per heavy atom. The Hall–Kier alpha value is -2.11. The first-order chi connectivity index (χ1) is 24.8. The molecule has 0 bridgehead atoms. The minimum absolute atomic E-state index is 0.211. The normalized spacial score (nSPS) is 22.7. The van der Waals surface area contributed by atoms with E-state index in [0.29, 0.717) is 6.42 Å². The predicted octanol–water partition coefficient (Wildman–Crippen LogP) is 7.27. The minimum atomic E-state index is -1.58. The fourth-order valence-electron chi connectivity index (χ4n) is 5.75. The number of carbonyl (C=O) groups excluding carboxylic acids is 1. The number of hydrogen-bond acceptors (Lipinski definition) is 8. The highest BCUT2D eigenvalue weighted by Crippen LogP contribution is 2.22. The standard InChI is InChI=1S/C42H73NO8/c1-3-5-7-9-11-13-15-17-18-20-21-23-25-27-29-31-36(45)35(34-50-42-41(49)40(48)39(47)37(33-44)51-42)43-38(46)32-30-28-26-24-22-19-16-14-12-10-8-6-4-2/h8,10,14-17,21,23,29,31,35-37,39-42,44-45,47-49H,3-7,9,11-13,18-20,22,24-28,30,32-34H2,1-2H3,(H,43,46)/b10-8-,16-14-,17-15+,23-21+,31-29+. The lowest BCUT2D eigenvalue weighted by Gasteiger charge is -2.40. The number of ether oxygens (including phenoxy) is 2. The molecule has 0 spiro atoms. The number of rotatable bonds is 31. The van der Waals surface area contributed by atoms with Crippen molar-refractivity contribution >= 4 is 5.91 Å². The molecule has 1 amide bonds. The molecule has 1 heterocycles. The molecule has 7 atom stereocenters. The van der Waals surface area contributed by atoms with Crippen LogP contribution in [0.5, 0.6) is 0 Å². The van der Waals surface area contributed by atoms with E-state index in [2.05, 4.69) is 67.8 Å². The van der Waals surface area contributed by atoms with Gasteiger partial charge < -0.3 is 40.3 Å². The third-order valence-corrected chi connectivity index (χ3v) is 9.02. The van der Waals surface area contributed by atoms with Crippen LogP contribution in [0, 0.1) is 0 Å². The van der Waals surface area contributed by atoms with Gasteiger partial charge in [0, 0.05) is 6.42 Å². The highest BCUT2D eigenvalue weighted by Gasteiger charge is 2.44. The highest BCUT2D eigenvalue weighted by molar-refractivity contribution is 5.76. The molecule has 0 aromatic heterocycles. The van der Waals surface area contributed by atoms with Gasteiger partial charge in [-0.2, -0.15) is 0 Å². The van der Waals surface area contributed by atoms with Crippen LogP contribution in [-0.2, 0) is 14.3 Å². The van der Waals surface area contributed by atoms with Gasteiger partial charge in [-0.25, -0.2) is 0 Å². The summed E-state index contributed by atoms with van der Waals surface area (Å²) in [4.78, 5) is 12.9. The van der Waals surface area contributed by atoms with Crippen molar-refractivity contribution in [1.29, 1.82) is 0 Å². The van der Waals surface area contributed by atoms with Crippen molar-refractivity contribution in [3.05, 3.63) is 60.8 Å². The predicted molar refractivity (Wildman–Crippen MR) is 207 cm³/mol. The van der Waals surface area contributed by atoms with E-state index < -0.39 is 49.5 Å². The Morgan fingerprint density at radius 3 is 1.84 bits per heavy atom. The average molecular weight is 720 g/mol. The molecular weight excluding hydrogens is 646 g/mol. The summed E-state index contributed by atoms with van der Waals surface area (Å²) in [6, 6.07) is -0.835. The highest BCUT2D eigenvalue weighted by atomic mass is 16.7. The zero-order valence-corrected chi connectivity index (χ0v) is 31.8. The van der Waals surface area contributed by atoms with E-state index in [1.165, 1.54) is 38.5 Å². The van der Waals surface area contributed by atoms with Gasteiger partial charge in [0.15, 0.2) is 6.29 Å². The van der Waals surface area contributed by atoms with Gasteiger partial charge in [0.2, 0.25) is 5.91 Å². The third kappa shape index (κ3) is 24.0. The van der Waals surface area contributed by atoms with Crippen molar-refractivity contribution in [3.63, 3.8) is 0 Å². The lowest BCUT2D eigenvalue weighted by molar-refractivity contribution is -0.302. The zero-order chi connectivity index (χ0) is 37.4. The van der Waals surface area contributed by atoms with Gasteiger partial charge in [-0.05, 0) is 70.6 Å². The molecule has 1 saturated heterocycles. The molecule has 1 aliphatic rings. The maximum atomic E-state index is 12.9. The first kappa shape index (κ1) is 46.9. The van der Waals surface area contributed by atoms with Crippen LogP contribution in [0.4, 0.5) is 0 Å². The number of hydrogen-bond donors (Lipinski definition) is 6. The number of aliphatic hydroxyl groups is 5. The summed E-state index contributed by atoms with van der Waals surface area (Å²) in [6.07, 6.45) is 34.0. The topological polar surface area (TPSA) is 149 Å². The van der Waals surface area contributed by atoms with Gasteiger partial charge in [-0.15, -0.1) is 0 Å². The van der Waals surface area contributed by atoms with Crippen LogP contribution >= 0.6 is 0 Å². The quantitative estimate of drug-likeness (QED) is 0.0324. The molecule has 9 nitrogen and oxygen atoms in total.